The number of nitrogens with one attached hydrogen (secondary N) is 2. The summed E-state index contributed by atoms with van der Waals surface area (Å²) in [6.07, 6.45) is 3.75. The van der Waals surface area contributed by atoms with Crippen molar-refractivity contribution in [2.24, 2.45) is 5.92 Å². The fraction of sp³-hybridized carbons (Fsp3) is 0.429. The lowest BCUT2D eigenvalue weighted by atomic mass is 9.95. The van der Waals surface area contributed by atoms with Crippen LogP contribution in [0, 0.1) is 5.92 Å². The third-order valence-electron chi connectivity index (χ3n) is 5.26. The summed E-state index contributed by atoms with van der Waals surface area (Å²) in [5, 5.41) is 3.02. The molecule has 1 saturated heterocycles. The highest BCUT2D eigenvalue weighted by Gasteiger charge is 2.27. The molecule has 1 fully saturated rings. The minimum absolute atomic E-state index is 0.0420. The van der Waals surface area contributed by atoms with Crippen LogP contribution in [0.3, 0.4) is 0 Å². The van der Waals surface area contributed by atoms with E-state index in [2.05, 4.69) is 28.2 Å². The zero-order chi connectivity index (χ0) is 19.2. The molecule has 0 radical (unpaired) electrons. The third-order valence-corrected chi connectivity index (χ3v) is 5.26. The quantitative estimate of drug-likeness (QED) is 0.821. The molecule has 144 valence electrons. The molecule has 2 heterocycles. The highest BCUT2D eigenvalue weighted by Crippen LogP contribution is 2.31. The monoisotopic (exact) mass is 369 g/mol. The second kappa shape index (κ2) is 8.86. The van der Waals surface area contributed by atoms with Gasteiger partial charge in [-0.2, -0.15) is 0 Å². The first-order valence-electron chi connectivity index (χ1n) is 9.42. The first kappa shape index (κ1) is 19.2. The molecule has 2 N–H and O–H groups in total. The Bertz CT molecular complexity index is 805. The Hall–Kier alpha value is -2.60. The molecule has 0 bridgehead atoms. The van der Waals surface area contributed by atoms with Gasteiger partial charge in [0.05, 0.1) is 18.7 Å². The number of H-pyrrole nitrogens is 1. The van der Waals surface area contributed by atoms with Crippen molar-refractivity contribution in [2.45, 2.75) is 25.8 Å². The van der Waals surface area contributed by atoms with Crippen LogP contribution in [0.25, 0.3) is 0 Å². The average Bonchev–Trinajstić information content (AvgIpc) is 2.70. The lowest BCUT2D eigenvalue weighted by molar-refractivity contribution is 0.0910. The summed E-state index contributed by atoms with van der Waals surface area (Å²) < 4.78 is 5.56. The average molecular weight is 369 g/mol. The molecule has 1 unspecified atom stereocenters. The molecule has 6 heteroatoms. The summed E-state index contributed by atoms with van der Waals surface area (Å²) in [5.74, 6) is 1.37. The Morgan fingerprint density at radius 3 is 2.67 bits per heavy atom. The highest BCUT2D eigenvalue weighted by atomic mass is 16.5. The van der Waals surface area contributed by atoms with Crippen LogP contribution >= 0.6 is 0 Å². The molecule has 0 aliphatic carbocycles. The number of para-hydroxylation sites is 1. The summed E-state index contributed by atoms with van der Waals surface area (Å²) in [5.41, 5.74) is 1.30. The van der Waals surface area contributed by atoms with Crippen molar-refractivity contribution in [3.8, 4) is 5.75 Å². The van der Waals surface area contributed by atoms with E-state index in [9.17, 15) is 9.59 Å². The summed E-state index contributed by atoms with van der Waals surface area (Å²) in [6, 6.07) is 10.9. The van der Waals surface area contributed by atoms with Crippen molar-refractivity contribution in [3.05, 3.63) is 64.1 Å². The number of hydrogen-bond donors (Lipinski definition) is 2. The highest BCUT2D eigenvalue weighted by molar-refractivity contribution is 5.93. The number of ether oxygens (including phenoxy) is 1. The van der Waals surface area contributed by atoms with E-state index in [1.165, 1.54) is 18.3 Å². The van der Waals surface area contributed by atoms with Gasteiger partial charge in [-0.1, -0.05) is 25.1 Å². The van der Waals surface area contributed by atoms with Crippen LogP contribution in [0.4, 0.5) is 0 Å². The molecule has 1 aromatic heterocycles. The van der Waals surface area contributed by atoms with Crippen LogP contribution in [-0.4, -0.2) is 42.5 Å². The molecule has 2 aromatic rings. The fourth-order valence-electron chi connectivity index (χ4n) is 3.56. The van der Waals surface area contributed by atoms with E-state index >= 15 is 0 Å². The van der Waals surface area contributed by atoms with Gasteiger partial charge in [0.2, 0.25) is 5.56 Å². The summed E-state index contributed by atoms with van der Waals surface area (Å²) in [7, 11) is 1.67. The van der Waals surface area contributed by atoms with Crippen LogP contribution in [0.15, 0.2) is 47.4 Å². The molecule has 1 amide bonds. The molecular formula is C21H27N3O3. The molecule has 1 aliphatic heterocycles. The number of carbonyl (C=O) groups is 1. The number of piperidine rings is 1. The Balaban J connectivity index is 1.78. The van der Waals surface area contributed by atoms with Gasteiger partial charge in [-0.05, 0) is 44.0 Å². The maximum absolute atomic E-state index is 12.5. The van der Waals surface area contributed by atoms with Gasteiger partial charge in [-0.15, -0.1) is 0 Å². The third kappa shape index (κ3) is 4.77. The van der Waals surface area contributed by atoms with E-state index in [-0.39, 0.29) is 17.5 Å². The van der Waals surface area contributed by atoms with Gasteiger partial charge in [-0.25, -0.2) is 0 Å². The molecular weight excluding hydrogens is 342 g/mol. The Labute approximate surface area is 159 Å². The standard InChI is InChI=1S/C21H27N3O3/c1-15-9-11-24(12-10-15)18(17-5-3-4-6-19(17)27-2)14-23-21(26)16-7-8-20(25)22-13-16/h3-8,13,15,18H,9-12,14H2,1-2H3,(H,22,25)(H,23,26). The van der Waals surface area contributed by atoms with E-state index in [0.717, 1.165) is 43.2 Å². The summed E-state index contributed by atoms with van der Waals surface area (Å²) >= 11 is 0. The molecule has 1 aliphatic rings. The zero-order valence-electron chi connectivity index (χ0n) is 15.9. The molecule has 0 spiro atoms. The van der Waals surface area contributed by atoms with Crippen molar-refractivity contribution >= 4 is 5.91 Å². The second-order valence-electron chi connectivity index (χ2n) is 7.13. The number of nitrogens with zero attached hydrogens (tertiary/aromatic N) is 1. The summed E-state index contributed by atoms with van der Waals surface area (Å²) in [4.78, 5) is 28.7. The number of pyridine rings is 1. The van der Waals surface area contributed by atoms with E-state index < -0.39 is 0 Å². The lowest BCUT2D eigenvalue weighted by Gasteiger charge is -2.37. The van der Waals surface area contributed by atoms with Crippen molar-refractivity contribution in [1.29, 1.82) is 0 Å². The van der Waals surface area contributed by atoms with Gasteiger partial charge >= 0.3 is 0 Å². The van der Waals surface area contributed by atoms with Crippen LogP contribution < -0.4 is 15.6 Å². The van der Waals surface area contributed by atoms with Gasteiger partial charge in [0.15, 0.2) is 0 Å². The number of methoxy groups -OCH3 is 1. The predicted molar refractivity (Wildman–Crippen MR) is 105 cm³/mol. The molecule has 6 nitrogen and oxygen atoms in total. The van der Waals surface area contributed by atoms with Crippen molar-refractivity contribution in [2.75, 3.05) is 26.7 Å². The van der Waals surface area contributed by atoms with Crippen LogP contribution in [0.5, 0.6) is 5.75 Å². The Morgan fingerprint density at radius 2 is 2.00 bits per heavy atom. The maximum atomic E-state index is 12.5. The number of amides is 1. The topological polar surface area (TPSA) is 74.4 Å². The van der Waals surface area contributed by atoms with Crippen LogP contribution in [0.1, 0.15) is 41.7 Å². The van der Waals surface area contributed by atoms with E-state index in [4.69, 9.17) is 4.74 Å². The van der Waals surface area contributed by atoms with E-state index in [0.29, 0.717) is 12.1 Å². The van der Waals surface area contributed by atoms with Gasteiger partial charge in [0.25, 0.3) is 5.91 Å². The van der Waals surface area contributed by atoms with E-state index in [1.807, 2.05) is 18.2 Å². The number of likely N-dealkylation sites (tertiary alicyclic amines) is 1. The van der Waals surface area contributed by atoms with Crippen LogP contribution in [-0.2, 0) is 0 Å². The SMILES string of the molecule is COc1ccccc1C(CNC(=O)c1ccc(=O)[nH]c1)N1CCC(C)CC1. The number of aromatic amines is 1. The predicted octanol–water partition coefficient (Wildman–Crippen LogP) is 2.59. The Morgan fingerprint density at radius 1 is 1.26 bits per heavy atom. The van der Waals surface area contributed by atoms with Crippen molar-refractivity contribution in [1.82, 2.24) is 15.2 Å². The smallest absolute Gasteiger partial charge is 0.252 e. The minimum Gasteiger partial charge on any atom is -0.496 e. The number of benzene rings is 1. The molecule has 1 atom stereocenters. The first-order valence-corrected chi connectivity index (χ1v) is 9.42. The zero-order valence-corrected chi connectivity index (χ0v) is 15.9. The van der Waals surface area contributed by atoms with Crippen LogP contribution in [0.2, 0.25) is 0 Å². The number of aromatic nitrogens is 1. The largest absolute Gasteiger partial charge is 0.496 e. The Kier molecular flexibility index (Phi) is 6.29. The maximum Gasteiger partial charge on any atom is 0.252 e. The van der Waals surface area contributed by atoms with Gasteiger partial charge in [0.1, 0.15) is 5.75 Å². The summed E-state index contributed by atoms with van der Waals surface area (Å²) in [6.45, 7) is 4.76. The van der Waals surface area contributed by atoms with Crippen molar-refractivity contribution < 1.29 is 9.53 Å². The molecule has 3 rings (SSSR count). The second-order valence-corrected chi connectivity index (χ2v) is 7.13. The number of rotatable bonds is 6. The van der Waals surface area contributed by atoms with E-state index in [1.54, 1.807) is 7.11 Å². The number of carbonyl (C=O) groups excluding carboxylic acids is 1. The van der Waals surface area contributed by atoms with Crippen molar-refractivity contribution in [3.63, 3.8) is 0 Å². The molecule has 0 saturated carbocycles. The van der Waals surface area contributed by atoms with Gasteiger partial charge in [0, 0.05) is 24.4 Å². The minimum atomic E-state index is -0.221. The molecule has 27 heavy (non-hydrogen) atoms. The van der Waals surface area contributed by atoms with Gasteiger partial charge < -0.3 is 15.0 Å². The lowest BCUT2D eigenvalue weighted by Crippen LogP contribution is -2.42. The fourth-order valence-corrected chi connectivity index (χ4v) is 3.56. The normalized spacial score (nSPS) is 16.7. The molecule has 1 aromatic carbocycles. The number of hydrogen-bond acceptors (Lipinski definition) is 4. The first-order chi connectivity index (χ1) is 13.1. The van der Waals surface area contributed by atoms with Gasteiger partial charge in [-0.3, -0.25) is 14.5 Å².